The Balaban J connectivity index is 2.08. The van der Waals surface area contributed by atoms with Crippen molar-refractivity contribution in [2.45, 2.75) is 49.6 Å². The number of carbonyl (C=O) groups is 4. The van der Waals surface area contributed by atoms with Gasteiger partial charge in [0.2, 0.25) is 11.8 Å². The zero-order valence-electron chi connectivity index (χ0n) is 22.3. The molecule has 38 heavy (non-hydrogen) atoms. The van der Waals surface area contributed by atoms with E-state index >= 15 is 0 Å². The van der Waals surface area contributed by atoms with Gasteiger partial charge in [-0.15, -0.1) is 0 Å². The van der Waals surface area contributed by atoms with Crippen LogP contribution >= 0.6 is 0 Å². The summed E-state index contributed by atoms with van der Waals surface area (Å²) in [6, 6.07) is 0. The van der Waals surface area contributed by atoms with Crippen molar-refractivity contribution in [3.8, 4) is 0 Å². The summed E-state index contributed by atoms with van der Waals surface area (Å²) >= 11 is 0. The van der Waals surface area contributed by atoms with E-state index in [0.29, 0.717) is 91.4 Å². The Morgan fingerprint density at radius 2 is 0.763 bits per heavy atom. The van der Waals surface area contributed by atoms with E-state index in [0.717, 1.165) is 0 Å². The summed E-state index contributed by atoms with van der Waals surface area (Å²) in [6.45, 7) is 6.95. The van der Waals surface area contributed by atoms with Gasteiger partial charge < -0.3 is 52.7 Å². The molecule has 0 aromatic heterocycles. The summed E-state index contributed by atoms with van der Waals surface area (Å²) in [5, 5.41) is 44.7. The number of rotatable bonds is 10. The maximum Gasteiger partial charge on any atom is 0.303 e. The first-order valence-corrected chi connectivity index (χ1v) is 13.5. The Morgan fingerprint density at radius 3 is 1.00 bits per heavy atom. The molecular weight excluding hydrogens is 496 g/mol. The third-order valence-corrected chi connectivity index (χ3v) is 6.61. The number of carboxylic acid groups (broad SMARTS) is 2. The first-order chi connectivity index (χ1) is 18.2. The van der Waals surface area contributed by atoms with Crippen LogP contribution in [0.1, 0.15) is 38.5 Å². The molecule has 0 unspecified atom stereocenters. The molecule has 2 bridgehead atoms. The van der Waals surface area contributed by atoms with Crippen LogP contribution in [0.4, 0.5) is 0 Å². The lowest BCUT2D eigenvalue weighted by molar-refractivity contribution is -0.138. The van der Waals surface area contributed by atoms with E-state index in [4.69, 9.17) is 10.2 Å². The lowest BCUT2D eigenvalue weighted by Crippen LogP contribution is -2.68. The van der Waals surface area contributed by atoms with Crippen molar-refractivity contribution in [3.05, 3.63) is 0 Å². The van der Waals surface area contributed by atoms with E-state index in [2.05, 4.69) is 42.5 Å². The van der Waals surface area contributed by atoms with Gasteiger partial charge in [0.15, 0.2) is 0 Å². The van der Waals surface area contributed by atoms with Gasteiger partial charge >= 0.3 is 11.9 Å². The molecule has 0 spiro atoms. The molecule has 0 aromatic carbocycles. The Morgan fingerprint density at radius 1 is 0.500 bits per heavy atom. The van der Waals surface area contributed by atoms with Crippen LogP contribution in [0.3, 0.4) is 0 Å². The maximum atomic E-state index is 12.7. The fourth-order valence-corrected chi connectivity index (χ4v) is 4.65. The minimum atomic E-state index is -0.911. The van der Waals surface area contributed by atoms with E-state index in [9.17, 15) is 19.2 Å². The summed E-state index contributed by atoms with van der Waals surface area (Å²) in [5.41, 5.74) is -1.19. The molecule has 3 rings (SSSR count). The maximum absolute atomic E-state index is 12.7. The highest BCUT2D eigenvalue weighted by molar-refractivity contribution is 5.78. The number of carbonyl (C=O) groups excluding carboxylic acids is 2. The zero-order valence-corrected chi connectivity index (χ0v) is 22.3. The summed E-state index contributed by atoms with van der Waals surface area (Å²) in [5.74, 6) is -2.16. The Labute approximate surface area is 224 Å². The molecule has 0 radical (unpaired) electrons. The average molecular weight is 543 g/mol. The summed E-state index contributed by atoms with van der Waals surface area (Å²) in [6.07, 6.45) is 0.818. The number of carboxylic acids is 2. The normalized spacial score (nSPS) is 26.0. The smallest absolute Gasteiger partial charge is 0.303 e. The van der Waals surface area contributed by atoms with Gasteiger partial charge in [-0.3, -0.25) is 19.2 Å². The van der Waals surface area contributed by atoms with Gasteiger partial charge in [0.25, 0.3) is 0 Å². The van der Waals surface area contributed by atoms with Crippen molar-refractivity contribution in [1.29, 1.82) is 0 Å². The van der Waals surface area contributed by atoms with E-state index in [1.54, 1.807) is 0 Å². The van der Waals surface area contributed by atoms with Gasteiger partial charge in [-0.1, -0.05) is 0 Å². The van der Waals surface area contributed by atoms with Crippen molar-refractivity contribution in [2.75, 3.05) is 78.5 Å². The second-order valence-corrected chi connectivity index (χ2v) is 10.2. The highest BCUT2D eigenvalue weighted by atomic mass is 16.4. The minimum Gasteiger partial charge on any atom is -0.481 e. The van der Waals surface area contributed by atoms with Gasteiger partial charge in [-0.25, -0.2) is 0 Å². The lowest BCUT2D eigenvalue weighted by atomic mass is 9.96. The third-order valence-electron chi connectivity index (χ3n) is 6.61. The van der Waals surface area contributed by atoms with Gasteiger partial charge in [0.05, 0.1) is 11.1 Å². The number of nitrogens with one attached hydrogen (secondary N) is 8. The largest absolute Gasteiger partial charge is 0.481 e. The second kappa shape index (κ2) is 17.3. The zero-order chi connectivity index (χ0) is 27.7. The van der Waals surface area contributed by atoms with Crippen molar-refractivity contribution < 1.29 is 29.4 Å². The van der Waals surface area contributed by atoms with Gasteiger partial charge in [0.1, 0.15) is 0 Å². The lowest BCUT2D eigenvalue weighted by Gasteiger charge is -2.39. The third kappa shape index (κ3) is 12.9. The molecule has 0 atom stereocenters. The molecule has 3 aliphatic heterocycles. The van der Waals surface area contributed by atoms with Gasteiger partial charge in [-0.2, -0.15) is 0 Å². The second-order valence-electron chi connectivity index (χ2n) is 10.2. The number of aliphatic carboxylic acids is 2. The summed E-state index contributed by atoms with van der Waals surface area (Å²) in [7, 11) is 0. The standard InChI is InChI=1S/C24H46N8O6/c33-19(3-1-5-21(35)36)31-23-13-25-7-10-28-16-24(17-29-11-8-26-14-23,18-30-12-9-27-15-23)32-20(34)4-2-6-22(37)38/h25-30H,1-18H2,(H,31,33)(H,32,34)(H,35,36)(H,37,38)/t23-,24+. The average Bonchev–Trinajstić information content (AvgIpc) is 2.84. The number of hydrogen-bond acceptors (Lipinski definition) is 10. The van der Waals surface area contributed by atoms with Crippen LogP contribution in [0.5, 0.6) is 0 Å². The molecular formula is C24H46N8O6. The summed E-state index contributed by atoms with van der Waals surface area (Å²) in [4.78, 5) is 47.1. The number of fused-ring (bicyclic) bond motifs is 15. The van der Waals surface area contributed by atoms with Crippen LogP contribution in [0.25, 0.3) is 0 Å². The van der Waals surface area contributed by atoms with Gasteiger partial charge in [-0.05, 0) is 12.8 Å². The predicted octanol–water partition coefficient (Wildman–Crippen LogP) is -3.23. The van der Waals surface area contributed by atoms with Crippen molar-refractivity contribution >= 4 is 23.8 Å². The van der Waals surface area contributed by atoms with Crippen molar-refractivity contribution in [3.63, 3.8) is 0 Å². The first-order valence-electron chi connectivity index (χ1n) is 13.5. The first kappa shape index (κ1) is 31.9. The number of amides is 2. The quantitative estimate of drug-likeness (QED) is 0.132. The van der Waals surface area contributed by atoms with Crippen LogP contribution in [0.2, 0.25) is 0 Å². The Bertz CT molecular complexity index is 663. The van der Waals surface area contributed by atoms with E-state index in [1.165, 1.54) is 0 Å². The van der Waals surface area contributed by atoms with E-state index in [-0.39, 0.29) is 37.5 Å². The van der Waals surface area contributed by atoms with E-state index < -0.39 is 23.0 Å². The SMILES string of the molecule is O=C(O)CCCC(=O)N[C@]12CNCCNC[C@](NC(=O)CCCC(=O)O)(CNCCNC1)CNCCNC2. The monoisotopic (exact) mass is 542 g/mol. The molecule has 0 aromatic rings. The Hall–Kier alpha value is -2.36. The highest BCUT2D eigenvalue weighted by Gasteiger charge is 2.33. The molecule has 14 nitrogen and oxygen atoms in total. The molecule has 3 aliphatic rings. The minimum absolute atomic E-state index is 0.0392. The molecule has 3 fully saturated rings. The topological polar surface area (TPSA) is 205 Å². The molecule has 0 aliphatic carbocycles. The van der Waals surface area contributed by atoms with Gasteiger partial charge in [0, 0.05) is 104 Å². The van der Waals surface area contributed by atoms with E-state index in [1.807, 2.05) is 0 Å². The fourth-order valence-electron chi connectivity index (χ4n) is 4.65. The van der Waals surface area contributed by atoms with Crippen LogP contribution in [-0.4, -0.2) is 124 Å². The van der Waals surface area contributed by atoms with Crippen molar-refractivity contribution in [2.24, 2.45) is 0 Å². The summed E-state index contributed by atoms with van der Waals surface area (Å²) < 4.78 is 0. The van der Waals surface area contributed by atoms with Crippen molar-refractivity contribution in [1.82, 2.24) is 42.5 Å². The van der Waals surface area contributed by atoms with Crippen LogP contribution < -0.4 is 42.5 Å². The molecule has 0 saturated carbocycles. The fraction of sp³-hybridized carbons (Fsp3) is 0.833. The molecule has 218 valence electrons. The molecule has 14 heteroatoms. The molecule has 3 saturated heterocycles. The van der Waals surface area contributed by atoms with Crippen LogP contribution in [0.15, 0.2) is 0 Å². The van der Waals surface area contributed by atoms with Crippen LogP contribution in [0, 0.1) is 0 Å². The Kier molecular flexibility index (Phi) is 14.5. The molecule has 10 N–H and O–H groups in total. The predicted molar refractivity (Wildman–Crippen MR) is 142 cm³/mol. The highest BCUT2D eigenvalue weighted by Crippen LogP contribution is 2.07. The molecule has 2 amide bonds. The number of hydrogen-bond donors (Lipinski definition) is 10. The molecule has 3 heterocycles. The van der Waals surface area contributed by atoms with Crippen LogP contribution in [-0.2, 0) is 19.2 Å².